The molecule has 1 N–H and O–H groups in total. The molecular formula is C16H21NO6S2. The molecule has 1 aliphatic rings. The second-order valence-corrected chi connectivity index (χ2v) is 8.98. The van der Waals surface area contributed by atoms with Gasteiger partial charge in [-0.3, -0.25) is 9.59 Å². The Morgan fingerprint density at radius 3 is 2.56 bits per heavy atom. The Kier molecular flexibility index (Phi) is 6.71. The first-order valence-electron chi connectivity index (χ1n) is 7.76. The molecule has 25 heavy (non-hydrogen) atoms. The van der Waals surface area contributed by atoms with Crippen molar-refractivity contribution in [1.82, 2.24) is 5.32 Å². The number of carbonyl (C=O) groups excluding carboxylic acids is 2. The molecule has 1 fully saturated rings. The molecule has 1 aliphatic heterocycles. The fourth-order valence-electron chi connectivity index (χ4n) is 2.33. The van der Waals surface area contributed by atoms with Gasteiger partial charge in [0.15, 0.2) is 15.9 Å². The van der Waals surface area contributed by atoms with Crippen molar-refractivity contribution in [3.63, 3.8) is 0 Å². The smallest absolute Gasteiger partial charge is 0.317 e. The first-order valence-corrected chi connectivity index (χ1v) is 10.6. The van der Waals surface area contributed by atoms with Crippen molar-refractivity contribution in [3.8, 4) is 5.75 Å². The van der Waals surface area contributed by atoms with E-state index in [2.05, 4.69) is 5.32 Å². The van der Waals surface area contributed by atoms with Gasteiger partial charge in [-0.05, 0) is 37.6 Å². The van der Waals surface area contributed by atoms with E-state index in [4.69, 9.17) is 9.47 Å². The summed E-state index contributed by atoms with van der Waals surface area (Å²) in [5, 5.41) is 2.61. The van der Waals surface area contributed by atoms with E-state index in [1.54, 1.807) is 19.2 Å². The lowest BCUT2D eigenvalue weighted by atomic mass is 10.2. The summed E-state index contributed by atoms with van der Waals surface area (Å²) in [4.78, 5) is 24.7. The molecule has 1 saturated heterocycles. The summed E-state index contributed by atoms with van der Waals surface area (Å²) in [5.41, 5.74) is 0. The third-order valence-electron chi connectivity index (χ3n) is 3.67. The molecule has 1 aromatic carbocycles. The maximum absolute atomic E-state index is 12.0. The zero-order chi connectivity index (χ0) is 18.4. The van der Waals surface area contributed by atoms with Gasteiger partial charge < -0.3 is 14.8 Å². The maximum Gasteiger partial charge on any atom is 0.317 e. The van der Waals surface area contributed by atoms with Gasteiger partial charge in [0.2, 0.25) is 0 Å². The minimum absolute atomic E-state index is 0.0628. The van der Waals surface area contributed by atoms with E-state index in [1.807, 2.05) is 12.1 Å². The van der Waals surface area contributed by atoms with E-state index in [0.29, 0.717) is 6.42 Å². The Morgan fingerprint density at radius 1 is 1.32 bits per heavy atom. The van der Waals surface area contributed by atoms with Gasteiger partial charge in [0, 0.05) is 10.9 Å². The van der Waals surface area contributed by atoms with E-state index in [9.17, 15) is 18.0 Å². The topological polar surface area (TPSA) is 98.8 Å². The van der Waals surface area contributed by atoms with Crippen LogP contribution >= 0.6 is 11.8 Å². The minimum atomic E-state index is -3.07. The molecule has 0 unspecified atom stereocenters. The predicted molar refractivity (Wildman–Crippen MR) is 94.5 cm³/mol. The van der Waals surface area contributed by atoms with Gasteiger partial charge in [-0.15, -0.1) is 11.8 Å². The number of amides is 1. The lowest BCUT2D eigenvalue weighted by Crippen LogP contribution is -2.42. The fourth-order valence-corrected chi connectivity index (χ4v) is 4.68. The zero-order valence-corrected chi connectivity index (χ0v) is 15.7. The molecule has 7 nitrogen and oxygen atoms in total. The standard InChI is InChI=1S/C16H21NO6S2/c1-11(16(19)17-12-7-8-25(20,21)10-12)23-15(18)9-24-14-5-3-13(22-2)4-6-14/h3-6,11-12H,7-10H2,1-2H3,(H,17,19)/t11-,12-/m0/s1. The van der Waals surface area contributed by atoms with Crippen molar-refractivity contribution in [3.05, 3.63) is 24.3 Å². The lowest BCUT2D eigenvalue weighted by molar-refractivity contribution is -0.152. The average Bonchev–Trinajstić information content (AvgIpc) is 2.91. The summed E-state index contributed by atoms with van der Waals surface area (Å²) >= 11 is 1.29. The molecule has 2 atom stereocenters. The Bertz CT molecular complexity index is 717. The first-order chi connectivity index (χ1) is 11.8. The highest BCUT2D eigenvalue weighted by atomic mass is 32.2. The Balaban J connectivity index is 1.74. The molecule has 1 heterocycles. The number of benzene rings is 1. The summed E-state index contributed by atoms with van der Waals surface area (Å²) < 4.78 is 32.9. The van der Waals surface area contributed by atoms with Crippen LogP contribution in [0.25, 0.3) is 0 Å². The largest absolute Gasteiger partial charge is 0.497 e. The number of hydrogen-bond donors (Lipinski definition) is 1. The summed E-state index contributed by atoms with van der Waals surface area (Å²) in [7, 11) is -1.49. The molecule has 0 radical (unpaired) electrons. The molecular weight excluding hydrogens is 366 g/mol. The summed E-state index contributed by atoms with van der Waals surface area (Å²) in [6, 6.07) is 6.83. The van der Waals surface area contributed by atoms with Crippen LogP contribution in [0.4, 0.5) is 0 Å². The van der Waals surface area contributed by atoms with Crippen LogP contribution in [0.2, 0.25) is 0 Å². The Morgan fingerprint density at radius 2 is 2.00 bits per heavy atom. The summed E-state index contributed by atoms with van der Waals surface area (Å²) in [6.45, 7) is 1.47. The highest BCUT2D eigenvalue weighted by Gasteiger charge is 2.30. The second-order valence-electron chi connectivity index (χ2n) is 5.70. The van der Waals surface area contributed by atoms with Crippen molar-refractivity contribution < 1.29 is 27.5 Å². The van der Waals surface area contributed by atoms with E-state index < -0.39 is 33.9 Å². The fraction of sp³-hybridized carbons (Fsp3) is 0.500. The SMILES string of the molecule is COc1ccc(SCC(=O)O[C@@H](C)C(=O)N[C@H]2CCS(=O)(=O)C2)cc1. The maximum atomic E-state index is 12.0. The molecule has 9 heteroatoms. The Hall–Kier alpha value is -1.74. The average molecular weight is 387 g/mol. The first kappa shape index (κ1) is 19.6. The molecule has 0 aliphatic carbocycles. The Labute approximate surface area is 151 Å². The lowest BCUT2D eigenvalue weighted by Gasteiger charge is -2.16. The van der Waals surface area contributed by atoms with Gasteiger partial charge in [0.05, 0.1) is 24.4 Å². The van der Waals surface area contributed by atoms with Crippen LogP contribution < -0.4 is 10.1 Å². The minimum Gasteiger partial charge on any atom is -0.497 e. The molecule has 0 bridgehead atoms. The van der Waals surface area contributed by atoms with Crippen molar-refractivity contribution in [2.24, 2.45) is 0 Å². The van der Waals surface area contributed by atoms with Crippen LogP contribution in [0.5, 0.6) is 5.75 Å². The van der Waals surface area contributed by atoms with E-state index in [-0.39, 0.29) is 17.3 Å². The summed E-state index contributed by atoms with van der Waals surface area (Å²) in [6.07, 6.45) is -0.575. The van der Waals surface area contributed by atoms with Gasteiger partial charge in [0.25, 0.3) is 5.91 Å². The number of rotatable bonds is 7. The van der Waals surface area contributed by atoms with Gasteiger partial charge in [0.1, 0.15) is 5.75 Å². The quantitative estimate of drug-likeness (QED) is 0.551. The molecule has 2 rings (SSSR count). The van der Waals surface area contributed by atoms with Crippen LogP contribution in [-0.4, -0.2) is 56.8 Å². The van der Waals surface area contributed by atoms with E-state index >= 15 is 0 Å². The molecule has 1 aromatic rings. The predicted octanol–water partition coefficient (Wildman–Crippen LogP) is 1.02. The number of thioether (sulfide) groups is 1. The summed E-state index contributed by atoms with van der Waals surface area (Å²) in [5.74, 6) is -0.183. The highest BCUT2D eigenvalue weighted by molar-refractivity contribution is 8.00. The molecule has 0 spiro atoms. The zero-order valence-electron chi connectivity index (χ0n) is 14.1. The van der Waals surface area contributed by atoms with Crippen molar-refractivity contribution in [2.75, 3.05) is 24.4 Å². The van der Waals surface area contributed by atoms with Crippen LogP contribution in [0, 0.1) is 0 Å². The third kappa shape index (κ3) is 6.24. The van der Waals surface area contributed by atoms with E-state index in [1.165, 1.54) is 18.7 Å². The number of nitrogens with one attached hydrogen (secondary N) is 1. The number of methoxy groups -OCH3 is 1. The normalized spacial score (nSPS) is 19.8. The molecule has 138 valence electrons. The van der Waals surface area contributed by atoms with Crippen molar-refractivity contribution >= 4 is 33.5 Å². The van der Waals surface area contributed by atoms with Crippen LogP contribution in [0.3, 0.4) is 0 Å². The highest BCUT2D eigenvalue weighted by Crippen LogP contribution is 2.21. The third-order valence-corrected chi connectivity index (χ3v) is 6.43. The van der Waals surface area contributed by atoms with Gasteiger partial charge in [-0.2, -0.15) is 0 Å². The molecule has 0 saturated carbocycles. The number of ether oxygens (including phenoxy) is 2. The van der Waals surface area contributed by atoms with Crippen molar-refractivity contribution in [1.29, 1.82) is 0 Å². The molecule has 0 aromatic heterocycles. The monoisotopic (exact) mass is 387 g/mol. The van der Waals surface area contributed by atoms with Gasteiger partial charge in [-0.1, -0.05) is 0 Å². The van der Waals surface area contributed by atoms with Gasteiger partial charge in [-0.25, -0.2) is 8.42 Å². The van der Waals surface area contributed by atoms with Crippen LogP contribution in [0.1, 0.15) is 13.3 Å². The second kappa shape index (κ2) is 8.57. The van der Waals surface area contributed by atoms with Crippen LogP contribution in [0.15, 0.2) is 29.2 Å². The van der Waals surface area contributed by atoms with Crippen LogP contribution in [-0.2, 0) is 24.2 Å². The number of esters is 1. The van der Waals surface area contributed by atoms with Crippen molar-refractivity contribution in [2.45, 2.75) is 30.4 Å². The molecule has 1 amide bonds. The number of hydrogen-bond acceptors (Lipinski definition) is 7. The van der Waals surface area contributed by atoms with Gasteiger partial charge >= 0.3 is 5.97 Å². The van der Waals surface area contributed by atoms with E-state index in [0.717, 1.165) is 10.6 Å². The number of carbonyl (C=O) groups is 2. The number of sulfone groups is 1.